The largest absolute Gasteiger partial charge is 0.496 e. The van der Waals surface area contributed by atoms with E-state index < -0.39 is 22.3 Å². The lowest BCUT2D eigenvalue weighted by Crippen LogP contribution is -2.61. The number of halogens is 1. The van der Waals surface area contributed by atoms with Gasteiger partial charge in [-0.3, -0.25) is 4.90 Å². The first kappa shape index (κ1) is 23.0. The van der Waals surface area contributed by atoms with Crippen molar-refractivity contribution in [1.29, 1.82) is 0 Å². The maximum Gasteiger partial charge on any atom is 0.245 e. The van der Waals surface area contributed by atoms with Crippen molar-refractivity contribution in [2.24, 2.45) is 0 Å². The van der Waals surface area contributed by atoms with E-state index in [1.54, 1.807) is 48.9 Å². The molecule has 0 saturated carbocycles. The van der Waals surface area contributed by atoms with E-state index in [-0.39, 0.29) is 10.7 Å². The fourth-order valence-electron chi connectivity index (χ4n) is 4.76. The zero-order valence-corrected chi connectivity index (χ0v) is 19.5. The number of anilines is 1. The van der Waals surface area contributed by atoms with Gasteiger partial charge in [-0.1, -0.05) is 13.0 Å². The van der Waals surface area contributed by atoms with Crippen LogP contribution < -0.4 is 9.64 Å². The number of piperazine rings is 1. The zero-order valence-electron chi connectivity index (χ0n) is 18.7. The lowest BCUT2D eigenvalue weighted by Gasteiger charge is -2.48. The normalized spacial score (nSPS) is 23.7. The molecule has 0 aromatic heterocycles. The summed E-state index contributed by atoms with van der Waals surface area (Å²) in [7, 11) is -0.552. The lowest BCUT2D eigenvalue weighted by molar-refractivity contribution is -0.0467. The number of methoxy groups -OCH3 is 2. The topological polar surface area (TPSA) is 62.3 Å². The predicted octanol–water partition coefficient (Wildman–Crippen LogP) is 3.08. The molecule has 2 atom stereocenters. The van der Waals surface area contributed by atoms with Gasteiger partial charge in [0.2, 0.25) is 10.0 Å². The molecule has 2 aliphatic rings. The van der Waals surface area contributed by atoms with Gasteiger partial charge in [0.1, 0.15) is 23.8 Å². The van der Waals surface area contributed by atoms with Crippen LogP contribution in [0.15, 0.2) is 47.4 Å². The zero-order chi connectivity index (χ0) is 22.9. The Kier molecular flexibility index (Phi) is 6.71. The molecule has 2 aromatic carbocycles. The third-order valence-electron chi connectivity index (χ3n) is 6.26. The summed E-state index contributed by atoms with van der Waals surface area (Å²) in [5, 5.41) is 0. The van der Waals surface area contributed by atoms with Gasteiger partial charge < -0.3 is 14.4 Å². The molecule has 7 nitrogen and oxygen atoms in total. The van der Waals surface area contributed by atoms with Gasteiger partial charge in [-0.25, -0.2) is 12.8 Å². The number of rotatable bonds is 6. The van der Waals surface area contributed by atoms with E-state index in [4.69, 9.17) is 9.47 Å². The Morgan fingerprint density at radius 3 is 2.31 bits per heavy atom. The molecule has 1 fully saturated rings. The second-order valence-corrected chi connectivity index (χ2v) is 9.92. The molecule has 2 aromatic rings. The van der Waals surface area contributed by atoms with Crippen molar-refractivity contribution in [2.75, 3.05) is 51.8 Å². The fraction of sp³-hybridized carbons (Fsp3) is 0.478. The fourth-order valence-corrected chi connectivity index (χ4v) is 6.71. The van der Waals surface area contributed by atoms with E-state index in [0.717, 1.165) is 5.69 Å². The molecular weight excluding hydrogens is 433 g/mol. The van der Waals surface area contributed by atoms with E-state index in [1.807, 2.05) is 6.92 Å². The van der Waals surface area contributed by atoms with Gasteiger partial charge in [0.15, 0.2) is 0 Å². The SMILES string of the molecule is CCCN1C(N2CCN(c3ccc(F)cc3)CC2)C(OC)c2c(OC)cccc2S1(=O)=O. The summed E-state index contributed by atoms with van der Waals surface area (Å²) in [6.07, 6.45) is -0.251. The van der Waals surface area contributed by atoms with Crippen molar-refractivity contribution < 1.29 is 22.3 Å². The molecule has 0 radical (unpaired) electrons. The Labute approximate surface area is 189 Å². The summed E-state index contributed by atoms with van der Waals surface area (Å²) in [6, 6.07) is 11.6. The van der Waals surface area contributed by atoms with Gasteiger partial charge in [-0.15, -0.1) is 0 Å². The first-order valence-corrected chi connectivity index (χ1v) is 12.3. The van der Waals surface area contributed by atoms with Crippen molar-refractivity contribution in [2.45, 2.75) is 30.5 Å². The Morgan fingerprint density at radius 1 is 1.03 bits per heavy atom. The van der Waals surface area contributed by atoms with E-state index in [0.29, 0.717) is 50.5 Å². The average Bonchev–Trinajstić information content (AvgIpc) is 2.81. The predicted molar refractivity (Wildman–Crippen MR) is 121 cm³/mol. The van der Waals surface area contributed by atoms with Gasteiger partial charge in [-0.2, -0.15) is 4.31 Å². The van der Waals surface area contributed by atoms with E-state index >= 15 is 0 Å². The highest BCUT2D eigenvalue weighted by atomic mass is 32.2. The molecule has 0 bridgehead atoms. The Morgan fingerprint density at radius 2 is 1.72 bits per heavy atom. The van der Waals surface area contributed by atoms with Crippen LogP contribution in [0.25, 0.3) is 0 Å². The summed E-state index contributed by atoms with van der Waals surface area (Å²) >= 11 is 0. The van der Waals surface area contributed by atoms with Crippen LogP contribution in [0, 0.1) is 5.82 Å². The maximum atomic E-state index is 13.6. The van der Waals surface area contributed by atoms with E-state index in [9.17, 15) is 12.8 Å². The first-order chi connectivity index (χ1) is 15.4. The highest BCUT2D eigenvalue weighted by Crippen LogP contribution is 2.44. The first-order valence-electron chi connectivity index (χ1n) is 10.9. The molecule has 1 saturated heterocycles. The summed E-state index contributed by atoms with van der Waals surface area (Å²) in [5.41, 5.74) is 1.54. The van der Waals surface area contributed by atoms with Crippen LogP contribution in [-0.4, -0.2) is 70.7 Å². The maximum absolute atomic E-state index is 13.6. The van der Waals surface area contributed by atoms with E-state index in [1.165, 1.54) is 12.1 Å². The van der Waals surface area contributed by atoms with Gasteiger partial charge >= 0.3 is 0 Å². The molecule has 2 heterocycles. The number of hydrogen-bond donors (Lipinski definition) is 0. The Balaban J connectivity index is 1.68. The summed E-state index contributed by atoms with van der Waals surface area (Å²) < 4.78 is 53.6. The van der Waals surface area contributed by atoms with Crippen LogP contribution in [0.2, 0.25) is 0 Å². The molecule has 0 amide bonds. The molecule has 4 rings (SSSR count). The van der Waals surface area contributed by atoms with Crippen molar-refractivity contribution in [1.82, 2.24) is 9.21 Å². The third kappa shape index (κ3) is 3.98. The molecular formula is C23H30FN3O4S. The number of sulfonamides is 1. The average molecular weight is 464 g/mol. The summed E-state index contributed by atoms with van der Waals surface area (Å²) in [4.78, 5) is 4.61. The lowest BCUT2D eigenvalue weighted by atomic mass is 10.0. The van der Waals surface area contributed by atoms with Crippen LogP contribution >= 0.6 is 0 Å². The molecule has 174 valence electrons. The number of fused-ring (bicyclic) bond motifs is 1. The Hall–Kier alpha value is -2.20. The molecule has 2 aliphatic heterocycles. The quantitative estimate of drug-likeness (QED) is 0.656. The van der Waals surface area contributed by atoms with Crippen molar-refractivity contribution >= 4 is 15.7 Å². The van der Waals surface area contributed by atoms with Crippen molar-refractivity contribution in [3.63, 3.8) is 0 Å². The minimum Gasteiger partial charge on any atom is -0.496 e. The number of benzene rings is 2. The smallest absolute Gasteiger partial charge is 0.245 e. The molecule has 9 heteroatoms. The molecule has 0 aliphatic carbocycles. The molecule has 2 unspecified atom stereocenters. The van der Waals surface area contributed by atoms with Crippen LogP contribution in [0.4, 0.5) is 10.1 Å². The van der Waals surface area contributed by atoms with Gasteiger partial charge in [0.05, 0.1) is 12.0 Å². The van der Waals surface area contributed by atoms with Crippen molar-refractivity contribution in [3.8, 4) is 5.75 Å². The molecule has 32 heavy (non-hydrogen) atoms. The standard InChI is InChI=1S/C23H30FN3O4S/c1-4-12-27-23(26-15-13-25(14-16-26)18-10-8-17(24)9-11-18)22(31-3)21-19(30-2)6-5-7-20(21)32(27,28)29/h5-11,22-23H,4,12-16H2,1-3H3. The highest BCUT2D eigenvalue weighted by molar-refractivity contribution is 7.89. The highest BCUT2D eigenvalue weighted by Gasteiger charge is 2.48. The summed E-state index contributed by atoms with van der Waals surface area (Å²) in [6.45, 7) is 5.10. The third-order valence-corrected chi connectivity index (χ3v) is 8.19. The minimum absolute atomic E-state index is 0.248. The van der Waals surface area contributed by atoms with Gasteiger partial charge in [0, 0.05) is 51.1 Å². The second kappa shape index (κ2) is 9.35. The van der Waals surface area contributed by atoms with Crippen molar-refractivity contribution in [3.05, 3.63) is 53.8 Å². The molecule has 0 spiro atoms. The summed E-state index contributed by atoms with van der Waals surface area (Å²) in [5.74, 6) is 0.259. The van der Waals surface area contributed by atoms with Crippen LogP contribution in [0.5, 0.6) is 5.75 Å². The minimum atomic E-state index is -3.71. The molecule has 0 N–H and O–H groups in total. The van der Waals surface area contributed by atoms with E-state index in [2.05, 4.69) is 9.80 Å². The Bertz CT molecular complexity index is 1040. The monoisotopic (exact) mass is 463 g/mol. The van der Waals surface area contributed by atoms with Crippen LogP contribution in [-0.2, 0) is 14.8 Å². The number of nitrogens with zero attached hydrogens (tertiary/aromatic N) is 3. The van der Waals surface area contributed by atoms with Crippen LogP contribution in [0.1, 0.15) is 25.0 Å². The van der Waals surface area contributed by atoms with Gasteiger partial charge in [0.25, 0.3) is 0 Å². The number of hydrogen-bond acceptors (Lipinski definition) is 6. The van der Waals surface area contributed by atoms with Crippen LogP contribution in [0.3, 0.4) is 0 Å². The van der Waals surface area contributed by atoms with Gasteiger partial charge in [-0.05, 0) is 42.8 Å². The second-order valence-electron chi connectivity index (χ2n) is 8.06. The number of ether oxygens (including phenoxy) is 2.